The van der Waals surface area contributed by atoms with E-state index >= 15 is 0 Å². The molecule has 0 spiro atoms. The maximum atomic E-state index is 12.3. The van der Waals surface area contributed by atoms with Gasteiger partial charge in [-0.05, 0) is 25.0 Å². The zero-order valence-corrected chi connectivity index (χ0v) is 14.4. The van der Waals surface area contributed by atoms with Gasteiger partial charge in [0.15, 0.2) is 0 Å². The van der Waals surface area contributed by atoms with E-state index in [1.807, 2.05) is 13.0 Å². The Hall–Kier alpha value is -0.430. The van der Waals surface area contributed by atoms with Crippen molar-refractivity contribution in [2.45, 2.75) is 69.8 Å². The lowest BCUT2D eigenvalue weighted by molar-refractivity contribution is 0.513. The first kappa shape index (κ1) is 17.6. The largest absolute Gasteiger partial charge is 0.310 e. The molecule has 116 valence electrons. The van der Waals surface area contributed by atoms with Crippen LogP contribution in [-0.4, -0.2) is 20.5 Å². The fourth-order valence-electron chi connectivity index (χ4n) is 1.87. The van der Waals surface area contributed by atoms with E-state index in [-0.39, 0.29) is 6.04 Å². The molecule has 0 saturated carbocycles. The van der Waals surface area contributed by atoms with E-state index in [9.17, 15) is 8.42 Å². The molecule has 0 amide bonds. The minimum absolute atomic E-state index is 0.0318. The van der Waals surface area contributed by atoms with Crippen molar-refractivity contribution in [3.63, 3.8) is 0 Å². The third-order valence-corrected chi connectivity index (χ3v) is 6.14. The van der Waals surface area contributed by atoms with Gasteiger partial charge in [0.25, 0.3) is 0 Å². The fourth-order valence-corrected chi connectivity index (χ4v) is 4.55. The molecule has 0 bridgehead atoms. The molecular weight excluding hydrogens is 292 g/mol. The molecule has 0 saturated heterocycles. The lowest BCUT2D eigenvalue weighted by atomic mass is 10.1. The molecule has 1 aromatic rings. The monoisotopic (exact) mass is 318 g/mol. The second-order valence-corrected chi connectivity index (χ2v) is 8.38. The first-order valence-electron chi connectivity index (χ1n) is 7.23. The molecule has 0 aliphatic carbocycles. The average molecular weight is 319 g/mol. The predicted molar refractivity (Wildman–Crippen MR) is 85.6 cm³/mol. The SMILES string of the molecule is CCCC(CC)NS(=O)(=O)c1ccc(CNC(C)C)s1. The van der Waals surface area contributed by atoms with Crippen molar-refractivity contribution in [3.8, 4) is 0 Å². The molecule has 4 nitrogen and oxygen atoms in total. The maximum absolute atomic E-state index is 12.3. The van der Waals surface area contributed by atoms with Gasteiger partial charge in [0.1, 0.15) is 4.21 Å². The summed E-state index contributed by atoms with van der Waals surface area (Å²) >= 11 is 1.34. The Labute approximate surface area is 127 Å². The molecule has 6 heteroatoms. The molecule has 2 N–H and O–H groups in total. The summed E-state index contributed by atoms with van der Waals surface area (Å²) < 4.78 is 27.8. The Morgan fingerprint density at radius 1 is 1.25 bits per heavy atom. The number of nitrogens with one attached hydrogen (secondary N) is 2. The third-order valence-electron chi connectivity index (χ3n) is 3.04. The van der Waals surface area contributed by atoms with E-state index in [0.717, 1.165) is 24.1 Å². The summed E-state index contributed by atoms with van der Waals surface area (Å²) in [6.07, 6.45) is 2.68. The van der Waals surface area contributed by atoms with Crippen LogP contribution in [0.2, 0.25) is 0 Å². The lowest BCUT2D eigenvalue weighted by Crippen LogP contribution is -2.33. The van der Waals surface area contributed by atoms with Crippen LogP contribution >= 0.6 is 11.3 Å². The van der Waals surface area contributed by atoms with Gasteiger partial charge in [-0.1, -0.05) is 34.1 Å². The highest BCUT2D eigenvalue weighted by molar-refractivity contribution is 7.91. The second-order valence-electron chi connectivity index (χ2n) is 5.27. The summed E-state index contributed by atoms with van der Waals surface area (Å²) in [5, 5.41) is 3.29. The zero-order valence-electron chi connectivity index (χ0n) is 12.8. The molecule has 20 heavy (non-hydrogen) atoms. The number of thiophene rings is 1. The van der Waals surface area contributed by atoms with Crippen LogP contribution in [0.1, 0.15) is 51.8 Å². The van der Waals surface area contributed by atoms with E-state index in [2.05, 4.69) is 30.8 Å². The van der Waals surface area contributed by atoms with Crippen molar-refractivity contribution < 1.29 is 8.42 Å². The normalized spacial score (nSPS) is 13.8. The number of sulfonamides is 1. The summed E-state index contributed by atoms with van der Waals surface area (Å²) in [6.45, 7) is 8.93. The molecule has 1 atom stereocenters. The van der Waals surface area contributed by atoms with Crippen molar-refractivity contribution in [2.24, 2.45) is 0 Å². The predicted octanol–water partition coefficient (Wildman–Crippen LogP) is 3.10. The van der Waals surface area contributed by atoms with Crippen LogP contribution < -0.4 is 10.0 Å². The minimum Gasteiger partial charge on any atom is -0.310 e. The lowest BCUT2D eigenvalue weighted by Gasteiger charge is -2.15. The Balaban J connectivity index is 2.72. The highest BCUT2D eigenvalue weighted by Crippen LogP contribution is 2.22. The Morgan fingerprint density at radius 3 is 2.50 bits per heavy atom. The number of hydrogen-bond acceptors (Lipinski definition) is 4. The summed E-state index contributed by atoms with van der Waals surface area (Å²) in [5.74, 6) is 0. The smallest absolute Gasteiger partial charge is 0.250 e. The molecule has 0 radical (unpaired) electrons. The van der Waals surface area contributed by atoms with Crippen LogP contribution in [0.3, 0.4) is 0 Å². The highest BCUT2D eigenvalue weighted by Gasteiger charge is 2.20. The van der Waals surface area contributed by atoms with Gasteiger partial charge in [-0.25, -0.2) is 13.1 Å². The molecule has 0 aliphatic heterocycles. The summed E-state index contributed by atoms with van der Waals surface area (Å²) in [5.41, 5.74) is 0. The van der Waals surface area contributed by atoms with Crippen LogP contribution in [0.4, 0.5) is 0 Å². The van der Waals surface area contributed by atoms with E-state index < -0.39 is 10.0 Å². The summed E-state index contributed by atoms with van der Waals surface area (Å²) in [6, 6.07) is 4.01. The van der Waals surface area contributed by atoms with Crippen LogP contribution in [-0.2, 0) is 16.6 Å². The maximum Gasteiger partial charge on any atom is 0.250 e. The van der Waals surface area contributed by atoms with Gasteiger partial charge in [0, 0.05) is 23.5 Å². The van der Waals surface area contributed by atoms with Crippen LogP contribution in [0.15, 0.2) is 16.3 Å². The van der Waals surface area contributed by atoms with E-state index in [0.29, 0.717) is 16.8 Å². The van der Waals surface area contributed by atoms with Gasteiger partial charge in [0.05, 0.1) is 0 Å². The molecule has 0 aliphatic rings. The Kier molecular flexibility index (Phi) is 7.15. The molecule has 1 aromatic heterocycles. The first-order chi connectivity index (χ1) is 9.39. The highest BCUT2D eigenvalue weighted by atomic mass is 32.2. The van der Waals surface area contributed by atoms with Crippen molar-refractivity contribution in [1.29, 1.82) is 0 Å². The molecular formula is C14H26N2O2S2. The van der Waals surface area contributed by atoms with Gasteiger partial charge in [-0.2, -0.15) is 0 Å². The molecule has 0 aromatic carbocycles. The van der Waals surface area contributed by atoms with Crippen molar-refractivity contribution in [2.75, 3.05) is 0 Å². The standard InChI is InChI=1S/C14H26N2O2S2/c1-5-7-12(6-2)16-20(17,18)14-9-8-13(19-14)10-15-11(3)4/h8-9,11-12,15-16H,5-7,10H2,1-4H3. The fraction of sp³-hybridized carbons (Fsp3) is 0.714. The van der Waals surface area contributed by atoms with Crippen LogP contribution in [0, 0.1) is 0 Å². The molecule has 0 fully saturated rings. The summed E-state index contributed by atoms with van der Waals surface area (Å²) in [4.78, 5) is 1.04. The second kappa shape index (κ2) is 8.12. The molecule has 1 heterocycles. The Bertz CT molecular complexity index is 495. The van der Waals surface area contributed by atoms with Crippen molar-refractivity contribution in [3.05, 3.63) is 17.0 Å². The molecule has 1 rings (SSSR count). The van der Waals surface area contributed by atoms with Crippen LogP contribution in [0.25, 0.3) is 0 Å². The molecule has 1 unspecified atom stereocenters. The Morgan fingerprint density at radius 2 is 1.95 bits per heavy atom. The third kappa shape index (κ3) is 5.52. The van der Waals surface area contributed by atoms with Gasteiger partial charge < -0.3 is 5.32 Å². The van der Waals surface area contributed by atoms with Gasteiger partial charge >= 0.3 is 0 Å². The number of rotatable bonds is 9. The topological polar surface area (TPSA) is 58.2 Å². The zero-order chi connectivity index (χ0) is 15.2. The van der Waals surface area contributed by atoms with Crippen molar-refractivity contribution >= 4 is 21.4 Å². The van der Waals surface area contributed by atoms with E-state index in [1.54, 1.807) is 6.07 Å². The quantitative estimate of drug-likeness (QED) is 0.735. The van der Waals surface area contributed by atoms with Gasteiger partial charge in [-0.3, -0.25) is 0 Å². The van der Waals surface area contributed by atoms with E-state index in [4.69, 9.17) is 0 Å². The van der Waals surface area contributed by atoms with Crippen molar-refractivity contribution in [1.82, 2.24) is 10.0 Å². The van der Waals surface area contributed by atoms with Gasteiger partial charge in [0.2, 0.25) is 10.0 Å². The summed E-state index contributed by atoms with van der Waals surface area (Å²) in [7, 11) is -3.37. The minimum atomic E-state index is -3.37. The van der Waals surface area contributed by atoms with E-state index in [1.165, 1.54) is 11.3 Å². The van der Waals surface area contributed by atoms with Crippen LogP contribution in [0.5, 0.6) is 0 Å². The number of hydrogen-bond donors (Lipinski definition) is 2. The average Bonchev–Trinajstić information content (AvgIpc) is 2.85. The first-order valence-corrected chi connectivity index (χ1v) is 9.53. The van der Waals surface area contributed by atoms with Gasteiger partial charge in [-0.15, -0.1) is 11.3 Å².